The smallest absolute Gasteiger partial charge is 0.326 e. The van der Waals surface area contributed by atoms with Gasteiger partial charge in [-0.15, -0.1) is 0 Å². The van der Waals surface area contributed by atoms with E-state index in [9.17, 15) is 9.59 Å². The lowest BCUT2D eigenvalue weighted by molar-refractivity contribution is -0.139. The fourth-order valence-electron chi connectivity index (χ4n) is 2.12. The predicted octanol–water partition coefficient (Wildman–Crippen LogP) is 1.01. The molecule has 0 aromatic rings. The van der Waals surface area contributed by atoms with Crippen LogP contribution in [0, 0.1) is 0 Å². The summed E-state index contributed by atoms with van der Waals surface area (Å²) in [6.45, 7) is 2.56. The van der Waals surface area contributed by atoms with Crippen molar-refractivity contribution in [1.82, 2.24) is 10.2 Å². The molecular weight excluding hydrogens is 268 g/mol. The first-order valence-electron chi connectivity index (χ1n) is 6.34. The van der Waals surface area contributed by atoms with Crippen molar-refractivity contribution in [3.8, 4) is 0 Å². The normalized spacial score (nSPS) is 23.9. The van der Waals surface area contributed by atoms with Gasteiger partial charge in [-0.25, -0.2) is 9.59 Å². The molecule has 2 N–H and O–H groups in total. The number of carbonyl (C=O) groups excluding carboxylic acids is 1. The number of aliphatic carboxylic acids is 1. The Labute approximate surface area is 117 Å². The first-order valence-corrected chi connectivity index (χ1v) is 7.73. The Morgan fingerprint density at radius 1 is 1.58 bits per heavy atom. The van der Waals surface area contributed by atoms with Gasteiger partial charge in [-0.2, -0.15) is 11.8 Å². The van der Waals surface area contributed by atoms with Gasteiger partial charge in [0.1, 0.15) is 6.04 Å². The minimum atomic E-state index is -0.994. The third-order valence-electron chi connectivity index (χ3n) is 3.36. The van der Waals surface area contributed by atoms with E-state index in [1.807, 2.05) is 13.2 Å². The van der Waals surface area contributed by atoms with Crippen molar-refractivity contribution >= 4 is 23.8 Å². The van der Waals surface area contributed by atoms with Crippen LogP contribution >= 0.6 is 11.8 Å². The molecule has 0 bridgehead atoms. The van der Waals surface area contributed by atoms with E-state index in [1.165, 1.54) is 0 Å². The van der Waals surface area contributed by atoms with E-state index >= 15 is 0 Å². The monoisotopic (exact) mass is 290 g/mol. The van der Waals surface area contributed by atoms with E-state index in [4.69, 9.17) is 9.84 Å². The van der Waals surface area contributed by atoms with Crippen LogP contribution < -0.4 is 5.32 Å². The van der Waals surface area contributed by atoms with Gasteiger partial charge in [0.25, 0.3) is 0 Å². The molecular formula is C12H22N2O4S. The number of hydrogen-bond donors (Lipinski definition) is 2. The first-order chi connectivity index (χ1) is 8.97. The van der Waals surface area contributed by atoms with Crippen molar-refractivity contribution in [2.45, 2.75) is 38.0 Å². The molecule has 0 aromatic carbocycles. The minimum Gasteiger partial charge on any atom is -0.480 e. The maximum absolute atomic E-state index is 12.0. The number of rotatable bonds is 6. The number of likely N-dealkylation sites (N-methyl/N-ethyl adjacent to an activating group) is 1. The second kappa shape index (κ2) is 7.59. The molecule has 1 heterocycles. The van der Waals surface area contributed by atoms with Gasteiger partial charge < -0.3 is 20.1 Å². The standard InChI is InChI=1S/C12H22N2O4S/c1-8-10(4-6-18-8)14(2)12(17)13-9(11(15)16)5-7-19-3/h8-10H,4-7H2,1-3H3,(H,13,17)(H,15,16). The van der Waals surface area contributed by atoms with Crippen LogP contribution in [0.3, 0.4) is 0 Å². The second-order valence-electron chi connectivity index (χ2n) is 4.66. The highest BCUT2D eigenvalue weighted by atomic mass is 32.2. The molecule has 3 atom stereocenters. The molecule has 0 aromatic heterocycles. The summed E-state index contributed by atoms with van der Waals surface area (Å²) in [5.74, 6) is -0.296. The molecule has 0 spiro atoms. The van der Waals surface area contributed by atoms with Crippen LogP contribution in [-0.2, 0) is 9.53 Å². The SMILES string of the molecule is CSCCC(NC(=O)N(C)C1CCOC1C)C(=O)O. The summed E-state index contributed by atoms with van der Waals surface area (Å²) in [7, 11) is 1.68. The summed E-state index contributed by atoms with van der Waals surface area (Å²) in [5.41, 5.74) is 0. The predicted molar refractivity (Wildman–Crippen MR) is 74.5 cm³/mol. The summed E-state index contributed by atoms with van der Waals surface area (Å²) in [5, 5.41) is 11.6. The average Bonchev–Trinajstić information content (AvgIpc) is 2.79. The number of carbonyl (C=O) groups is 2. The fraction of sp³-hybridized carbons (Fsp3) is 0.833. The highest BCUT2D eigenvalue weighted by Crippen LogP contribution is 2.18. The Morgan fingerprint density at radius 3 is 2.74 bits per heavy atom. The first kappa shape index (κ1) is 16.1. The lowest BCUT2D eigenvalue weighted by Crippen LogP contribution is -2.51. The van der Waals surface area contributed by atoms with Gasteiger partial charge in [0.05, 0.1) is 12.1 Å². The van der Waals surface area contributed by atoms with Crippen LogP contribution in [0.4, 0.5) is 4.79 Å². The van der Waals surface area contributed by atoms with Crippen molar-refractivity contribution in [1.29, 1.82) is 0 Å². The molecule has 1 fully saturated rings. The van der Waals surface area contributed by atoms with Crippen LogP contribution in [0.5, 0.6) is 0 Å². The molecule has 1 aliphatic heterocycles. The zero-order valence-corrected chi connectivity index (χ0v) is 12.4. The molecule has 110 valence electrons. The Morgan fingerprint density at radius 2 is 2.26 bits per heavy atom. The van der Waals surface area contributed by atoms with Gasteiger partial charge in [0.15, 0.2) is 0 Å². The second-order valence-corrected chi connectivity index (χ2v) is 5.65. The molecule has 6 nitrogen and oxygen atoms in total. The van der Waals surface area contributed by atoms with Gasteiger partial charge in [-0.1, -0.05) is 0 Å². The van der Waals surface area contributed by atoms with E-state index in [1.54, 1.807) is 23.7 Å². The maximum atomic E-state index is 12.0. The average molecular weight is 290 g/mol. The molecule has 7 heteroatoms. The van der Waals surface area contributed by atoms with Crippen LogP contribution in [0.15, 0.2) is 0 Å². The third kappa shape index (κ3) is 4.58. The number of carboxylic acid groups (broad SMARTS) is 1. The number of hydrogen-bond acceptors (Lipinski definition) is 4. The third-order valence-corrected chi connectivity index (χ3v) is 4.00. The maximum Gasteiger partial charge on any atom is 0.326 e. The van der Waals surface area contributed by atoms with Gasteiger partial charge >= 0.3 is 12.0 Å². The highest BCUT2D eigenvalue weighted by molar-refractivity contribution is 7.98. The van der Waals surface area contributed by atoms with E-state index < -0.39 is 12.0 Å². The quantitative estimate of drug-likeness (QED) is 0.763. The van der Waals surface area contributed by atoms with Crippen LogP contribution in [0.2, 0.25) is 0 Å². The Balaban J connectivity index is 2.53. The van der Waals surface area contributed by atoms with Gasteiger partial charge in [-0.3, -0.25) is 0 Å². The number of ether oxygens (including phenoxy) is 1. The van der Waals surface area contributed by atoms with E-state index in [0.29, 0.717) is 18.8 Å². The van der Waals surface area contributed by atoms with Crippen molar-refractivity contribution in [3.05, 3.63) is 0 Å². The largest absolute Gasteiger partial charge is 0.480 e. The molecule has 0 saturated carbocycles. The van der Waals surface area contributed by atoms with E-state index in [2.05, 4.69) is 5.32 Å². The van der Waals surface area contributed by atoms with Crippen molar-refractivity contribution in [2.24, 2.45) is 0 Å². The fourth-order valence-corrected chi connectivity index (χ4v) is 2.59. The molecule has 19 heavy (non-hydrogen) atoms. The number of nitrogens with zero attached hydrogens (tertiary/aromatic N) is 1. The molecule has 0 radical (unpaired) electrons. The summed E-state index contributed by atoms with van der Waals surface area (Å²) >= 11 is 1.56. The number of urea groups is 1. The Kier molecular flexibility index (Phi) is 6.44. The molecule has 2 amide bonds. The van der Waals surface area contributed by atoms with Gasteiger partial charge in [0.2, 0.25) is 0 Å². The zero-order chi connectivity index (χ0) is 14.4. The van der Waals surface area contributed by atoms with Crippen molar-refractivity contribution < 1.29 is 19.4 Å². The molecule has 3 unspecified atom stereocenters. The van der Waals surface area contributed by atoms with Crippen LogP contribution in [-0.4, -0.2) is 65.9 Å². The summed E-state index contributed by atoms with van der Waals surface area (Å²) in [6.07, 6.45) is 3.11. The number of thioether (sulfide) groups is 1. The van der Waals surface area contributed by atoms with E-state index in [-0.39, 0.29) is 18.2 Å². The molecule has 1 aliphatic rings. The van der Waals surface area contributed by atoms with Crippen molar-refractivity contribution in [2.75, 3.05) is 25.7 Å². The number of carboxylic acids is 1. The van der Waals surface area contributed by atoms with Crippen molar-refractivity contribution in [3.63, 3.8) is 0 Å². The van der Waals surface area contributed by atoms with E-state index in [0.717, 1.165) is 6.42 Å². The molecule has 1 rings (SSSR count). The number of amides is 2. The summed E-state index contributed by atoms with van der Waals surface area (Å²) in [6, 6.07) is -1.18. The van der Waals surface area contributed by atoms with Gasteiger partial charge in [-0.05, 0) is 31.8 Å². The molecule has 1 saturated heterocycles. The summed E-state index contributed by atoms with van der Waals surface area (Å²) in [4.78, 5) is 24.7. The minimum absolute atomic E-state index is 0.00905. The number of nitrogens with one attached hydrogen (secondary N) is 1. The Bertz CT molecular complexity index is 327. The highest BCUT2D eigenvalue weighted by Gasteiger charge is 2.32. The lowest BCUT2D eigenvalue weighted by atomic mass is 10.1. The molecule has 0 aliphatic carbocycles. The zero-order valence-electron chi connectivity index (χ0n) is 11.6. The Hall–Kier alpha value is -0.950. The van der Waals surface area contributed by atoms with Gasteiger partial charge in [0, 0.05) is 13.7 Å². The lowest BCUT2D eigenvalue weighted by Gasteiger charge is -2.28. The van der Waals surface area contributed by atoms with Crippen LogP contribution in [0.1, 0.15) is 19.8 Å². The summed E-state index contributed by atoms with van der Waals surface area (Å²) < 4.78 is 5.41. The topological polar surface area (TPSA) is 78.9 Å². The van der Waals surface area contributed by atoms with Crippen LogP contribution in [0.25, 0.3) is 0 Å².